The molecule has 0 saturated carbocycles. The summed E-state index contributed by atoms with van der Waals surface area (Å²) < 4.78 is 5.61. The van der Waals surface area contributed by atoms with Gasteiger partial charge in [-0.25, -0.2) is 0 Å². The highest BCUT2D eigenvalue weighted by Crippen LogP contribution is 2.31. The molecule has 0 saturated heterocycles. The topological polar surface area (TPSA) is 63.0 Å². The van der Waals surface area contributed by atoms with Gasteiger partial charge in [0.05, 0.1) is 12.6 Å². The number of nitrogens with one attached hydrogen (secondary N) is 2. The van der Waals surface area contributed by atoms with E-state index in [0.717, 1.165) is 19.4 Å². The minimum absolute atomic E-state index is 0.271. The molecule has 1 aromatic heterocycles. The smallest absolute Gasteiger partial charge is 0.315 e. The van der Waals surface area contributed by atoms with Crippen molar-refractivity contribution in [2.75, 3.05) is 11.9 Å². The maximum atomic E-state index is 5.61. The largest absolute Gasteiger partial charge is 0.407 e. The molecule has 0 amide bonds. The molecule has 0 aliphatic heterocycles. The van der Waals surface area contributed by atoms with E-state index in [-0.39, 0.29) is 6.04 Å². The van der Waals surface area contributed by atoms with Crippen molar-refractivity contribution in [1.82, 2.24) is 15.5 Å². The van der Waals surface area contributed by atoms with Crippen molar-refractivity contribution >= 4 is 6.01 Å². The number of aryl methyl sites for hydroxylation is 1. The van der Waals surface area contributed by atoms with E-state index < -0.39 is 0 Å². The second-order valence-electron chi connectivity index (χ2n) is 5.07. The standard InChI is InChI=1S/C15H20N4O/c1-2-16-10-14-18-19-15(20-14)17-13-9-5-7-11-6-3-4-8-12(11)13/h3-4,6,8,13,16H,2,5,7,9-10H2,1H3,(H,17,19). The van der Waals surface area contributed by atoms with E-state index in [1.807, 2.05) is 0 Å². The maximum absolute atomic E-state index is 5.61. The van der Waals surface area contributed by atoms with Crippen molar-refractivity contribution in [3.63, 3.8) is 0 Å². The quantitative estimate of drug-likeness (QED) is 0.876. The average molecular weight is 272 g/mol. The number of benzene rings is 1. The predicted molar refractivity (Wildman–Crippen MR) is 77.4 cm³/mol. The maximum Gasteiger partial charge on any atom is 0.315 e. The van der Waals surface area contributed by atoms with Crippen LogP contribution in [0.25, 0.3) is 0 Å². The lowest BCUT2D eigenvalue weighted by Crippen LogP contribution is -2.17. The second kappa shape index (κ2) is 6.05. The number of rotatable bonds is 5. The van der Waals surface area contributed by atoms with Gasteiger partial charge in [-0.3, -0.25) is 0 Å². The van der Waals surface area contributed by atoms with E-state index in [2.05, 4.69) is 52.0 Å². The molecule has 0 spiro atoms. The van der Waals surface area contributed by atoms with Gasteiger partial charge in [0.25, 0.3) is 0 Å². The van der Waals surface area contributed by atoms with Gasteiger partial charge in [-0.15, -0.1) is 5.10 Å². The van der Waals surface area contributed by atoms with Crippen LogP contribution in [0.1, 0.15) is 42.8 Å². The lowest BCUT2D eigenvalue weighted by molar-refractivity contribution is 0.471. The minimum atomic E-state index is 0.271. The number of anilines is 1. The summed E-state index contributed by atoms with van der Waals surface area (Å²) in [6, 6.07) is 9.36. The zero-order valence-corrected chi connectivity index (χ0v) is 11.7. The summed E-state index contributed by atoms with van der Waals surface area (Å²) in [5.41, 5.74) is 2.77. The van der Waals surface area contributed by atoms with Crippen LogP contribution < -0.4 is 10.6 Å². The van der Waals surface area contributed by atoms with Crippen molar-refractivity contribution < 1.29 is 4.42 Å². The van der Waals surface area contributed by atoms with Gasteiger partial charge >= 0.3 is 6.01 Å². The van der Waals surface area contributed by atoms with E-state index in [0.29, 0.717) is 18.5 Å². The van der Waals surface area contributed by atoms with E-state index in [4.69, 9.17) is 4.42 Å². The summed E-state index contributed by atoms with van der Waals surface area (Å²) in [6.07, 6.45) is 3.44. The van der Waals surface area contributed by atoms with E-state index >= 15 is 0 Å². The van der Waals surface area contributed by atoms with Crippen LogP contribution >= 0.6 is 0 Å². The molecule has 1 heterocycles. The van der Waals surface area contributed by atoms with E-state index in [1.165, 1.54) is 17.5 Å². The molecular formula is C15H20N4O. The molecular weight excluding hydrogens is 252 g/mol. The van der Waals surface area contributed by atoms with Gasteiger partial charge < -0.3 is 15.1 Å². The average Bonchev–Trinajstić information content (AvgIpc) is 2.93. The Kier molecular flexibility index (Phi) is 3.97. The number of nitrogens with zero attached hydrogens (tertiary/aromatic N) is 2. The van der Waals surface area contributed by atoms with E-state index in [9.17, 15) is 0 Å². The van der Waals surface area contributed by atoms with Crippen molar-refractivity contribution in [2.24, 2.45) is 0 Å². The molecule has 0 fully saturated rings. The summed E-state index contributed by atoms with van der Waals surface area (Å²) in [6.45, 7) is 3.56. The Labute approximate surface area is 118 Å². The molecule has 1 aliphatic rings. The van der Waals surface area contributed by atoms with Crippen LogP contribution in [0, 0.1) is 0 Å². The van der Waals surface area contributed by atoms with Gasteiger partial charge in [-0.05, 0) is 36.9 Å². The summed E-state index contributed by atoms with van der Waals surface area (Å²) in [5.74, 6) is 0.624. The monoisotopic (exact) mass is 272 g/mol. The Bertz CT molecular complexity index is 567. The zero-order chi connectivity index (χ0) is 13.8. The first-order valence-electron chi connectivity index (χ1n) is 7.24. The highest BCUT2D eigenvalue weighted by Gasteiger charge is 2.21. The fraction of sp³-hybridized carbons (Fsp3) is 0.467. The lowest BCUT2D eigenvalue weighted by Gasteiger charge is -2.25. The molecule has 2 N–H and O–H groups in total. The van der Waals surface area contributed by atoms with Crippen LogP contribution in [0.5, 0.6) is 0 Å². The predicted octanol–water partition coefficient (Wildman–Crippen LogP) is 2.67. The molecule has 20 heavy (non-hydrogen) atoms. The Balaban J connectivity index is 1.71. The Morgan fingerprint density at radius 3 is 3.10 bits per heavy atom. The molecule has 5 heteroatoms. The highest BCUT2D eigenvalue weighted by atomic mass is 16.4. The van der Waals surface area contributed by atoms with Crippen LogP contribution in [-0.4, -0.2) is 16.7 Å². The summed E-state index contributed by atoms with van der Waals surface area (Å²) in [7, 11) is 0. The van der Waals surface area contributed by atoms with Gasteiger partial charge in [0.1, 0.15) is 0 Å². The van der Waals surface area contributed by atoms with Gasteiger partial charge in [-0.2, -0.15) is 0 Å². The van der Waals surface area contributed by atoms with E-state index in [1.54, 1.807) is 0 Å². The number of hydrogen-bond acceptors (Lipinski definition) is 5. The third-order valence-electron chi connectivity index (χ3n) is 3.66. The fourth-order valence-electron chi connectivity index (χ4n) is 2.67. The third-order valence-corrected chi connectivity index (χ3v) is 3.66. The summed E-state index contributed by atoms with van der Waals surface area (Å²) in [4.78, 5) is 0. The SMILES string of the molecule is CCNCc1nnc(NC2CCCc3ccccc32)o1. The van der Waals surface area contributed by atoms with Crippen LogP contribution in [0.15, 0.2) is 28.7 Å². The second-order valence-corrected chi connectivity index (χ2v) is 5.07. The summed E-state index contributed by atoms with van der Waals surface area (Å²) >= 11 is 0. The molecule has 1 atom stereocenters. The molecule has 1 aliphatic carbocycles. The van der Waals surface area contributed by atoms with Crippen molar-refractivity contribution in [2.45, 2.75) is 38.8 Å². The van der Waals surface area contributed by atoms with Crippen LogP contribution in [0.3, 0.4) is 0 Å². The molecule has 2 aromatic rings. The molecule has 106 valence electrons. The van der Waals surface area contributed by atoms with Gasteiger partial charge in [0, 0.05) is 0 Å². The van der Waals surface area contributed by atoms with Crippen LogP contribution in [0.4, 0.5) is 6.01 Å². The Morgan fingerprint density at radius 1 is 1.30 bits per heavy atom. The third kappa shape index (κ3) is 2.82. The highest BCUT2D eigenvalue weighted by molar-refractivity contribution is 5.37. The molecule has 0 bridgehead atoms. The molecule has 1 aromatic carbocycles. The van der Waals surface area contributed by atoms with Crippen LogP contribution in [-0.2, 0) is 13.0 Å². The Morgan fingerprint density at radius 2 is 2.20 bits per heavy atom. The van der Waals surface area contributed by atoms with Crippen LogP contribution in [0.2, 0.25) is 0 Å². The lowest BCUT2D eigenvalue weighted by atomic mass is 9.88. The van der Waals surface area contributed by atoms with Gasteiger partial charge in [-0.1, -0.05) is 36.3 Å². The van der Waals surface area contributed by atoms with Crippen molar-refractivity contribution in [3.05, 3.63) is 41.3 Å². The fourth-order valence-corrected chi connectivity index (χ4v) is 2.67. The van der Waals surface area contributed by atoms with Gasteiger partial charge in [0.2, 0.25) is 5.89 Å². The molecule has 0 radical (unpaired) electrons. The first-order chi connectivity index (χ1) is 9.86. The molecule has 3 rings (SSSR count). The molecule has 1 unspecified atom stereocenters. The first-order valence-corrected chi connectivity index (χ1v) is 7.24. The normalized spacial score (nSPS) is 17.8. The Hall–Kier alpha value is -1.88. The zero-order valence-electron chi connectivity index (χ0n) is 11.7. The molecule has 5 nitrogen and oxygen atoms in total. The van der Waals surface area contributed by atoms with Crippen molar-refractivity contribution in [3.8, 4) is 0 Å². The number of aromatic nitrogens is 2. The first kappa shape index (κ1) is 13.1. The van der Waals surface area contributed by atoms with Crippen molar-refractivity contribution in [1.29, 1.82) is 0 Å². The number of fused-ring (bicyclic) bond motifs is 1. The minimum Gasteiger partial charge on any atom is -0.407 e. The number of hydrogen-bond donors (Lipinski definition) is 2. The summed E-state index contributed by atoms with van der Waals surface area (Å²) in [5, 5.41) is 14.6. The van der Waals surface area contributed by atoms with Gasteiger partial charge in [0.15, 0.2) is 0 Å².